The number of carbonyl (C=O) groups excluding carboxylic acids is 1. The Labute approximate surface area is 126 Å². The number of carbonyl (C=O) groups is 2. The highest BCUT2D eigenvalue weighted by molar-refractivity contribution is 5.76. The molecule has 3 fully saturated rings. The molecule has 0 radical (unpaired) electrons. The summed E-state index contributed by atoms with van der Waals surface area (Å²) in [7, 11) is 0. The van der Waals surface area contributed by atoms with E-state index in [9.17, 15) is 9.59 Å². The van der Waals surface area contributed by atoms with Gasteiger partial charge in [0.1, 0.15) is 0 Å². The third kappa shape index (κ3) is 3.50. The molecule has 1 saturated heterocycles. The summed E-state index contributed by atoms with van der Waals surface area (Å²) in [6, 6.07) is 0.180. The first-order valence-corrected chi connectivity index (χ1v) is 8.44. The molecule has 1 aliphatic heterocycles. The van der Waals surface area contributed by atoms with Crippen molar-refractivity contribution in [1.82, 2.24) is 10.2 Å². The molecule has 118 valence electrons. The van der Waals surface area contributed by atoms with Crippen molar-refractivity contribution in [3.05, 3.63) is 0 Å². The van der Waals surface area contributed by atoms with Crippen LogP contribution in [0.4, 0.5) is 4.79 Å². The van der Waals surface area contributed by atoms with Gasteiger partial charge in [-0.25, -0.2) is 4.79 Å². The van der Waals surface area contributed by atoms with E-state index in [0.29, 0.717) is 17.9 Å². The van der Waals surface area contributed by atoms with Crippen molar-refractivity contribution < 1.29 is 14.7 Å². The summed E-state index contributed by atoms with van der Waals surface area (Å²) in [5.74, 6) is 0.218. The van der Waals surface area contributed by atoms with Crippen LogP contribution in [0.25, 0.3) is 0 Å². The van der Waals surface area contributed by atoms with Crippen molar-refractivity contribution in [2.45, 2.75) is 69.9 Å². The molecule has 0 aromatic rings. The van der Waals surface area contributed by atoms with E-state index in [0.717, 1.165) is 32.2 Å². The van der Waals surface area contributed by atoms with Crippen LogP contribution in [-0.2, 0) is 4.79 Å². The molecule has 2 amide bonds. The van der Waals surface area contributed by atoms with E-state index < -0.39 is 5.97 Å². The second-order valence-electron chi connectivity index (χ2n) is 6.94. The average molecular weight is 294 g/mol. The Hall–Kier alpha value is -1.26. The fraction of sp³-hybridized carbons (Fsp3) is 0.875. The smallest absolute Gasteiger partial charge is 0.317 e. The topological polar surface area (TPSA) is 69.6 Å². The second-order valence-corrected chi connectivity index (χ2v) is 6.94. The highest BCUT2D eigenvalue weighted by atomic mass is 16.4. The number of aliphatic carboxylic acids is 1. The number of likely N-dealkylation sites (tertiary alicyclic amines) is 1. The second kappa shape index (κ2) is 6.24. The standard InChI is InChI=1S/C16H26N2O3/c19-15(20)10-13(11-7-8-11)17-16(21)18-9-3-6-14(18)12-4-1-2-5-12/h11-14H,1-10H2,(H,17,21)(H,19,20). The molecule has 5 heteroatoms. The maximum Gasteiger partial charge on any atom is 0.317 e. The Kier molecular flexibility index (Phi) is 4.36. The van der Waals surface area contributed by atoms with Crippen LogP contribution in [0.5, 0.6) is 0 Å². The van der Waals surface area contributed by atoms with E-state index in [2.05, 4.69) is 5.32 Å². The van der Waals surface area contributed by atoms with Crippen LogP contribution < -0.4 is 5.32 Å². The maximum absolute atomic E-state index is 12.6. The number of urea groups is 1. The molecule has 2 atom stereocenters. The van der Waals surface area contributed by atoms with E-state index in [1.807, 2.05) is 4.90 Å². The molecule has 21 heavy (non-hydrogen) atoms. The number of amides is 2. The van der Waals surface area contributed by atoms with E-state index in [-0.39, 0.29) is 18.5 Å². The number of carboxylic acid groups (broad SMARTS) is 1. The van der Waals surface area contributed by atoms with Crippen LogP contribution >= 0.6 is 0 Å². The van der Waals surface area contributed by atoms with Gasteiger partial charge in [0.15, 0.2) is 0 Å². The largest absolute Gasteiger partial charge is 0.481 e. The molecular weight excluding hydrogens is 268 g/mol. The van der Waals surface area contributed by atoms with E-state index in [4.69, 9.17) is 5.11 Å². The van der Waals surface area contributed by atoms with Crippen molar-refractivity contribution >= 4 is 12.0 Å². The lowest BCUT2D eigenvalue weighted by molar-refractivity contribution is -0.137. The molecule has 2 N–H and O–H groups in total. The number of carboxylic acids is 1. The van der Waals surface area contributed by atoms with Crippen molar-refractivity contribution in [1.29, 1.82) is 0 Å². The summed E-state index contributed by atoms with van der Waals surface area (Å²) in [4.78, 5) is 25.5. The molecule has 2 saturated carbocycles. The first kappa shape index (κ1) is 14.7. The minimum Gasteiger partial charge on any atom is -0.481 e. The highest BCUT2D eigenvalue weighted by Gasteiger charge is 2.39. The van der Waals surface area contributed by atoms with Gasteiger partial charge in [0.25, 0.3) is 0 Å². The molecule has 0 aromatic heterocycles. The van der Waals surface area contributed by atoms with Gasteiger partial charge in [0, 0.05) is 18.6 Å². The SMILES string of the molecule is O=C(O)CC(NC(=O)N1CCCC1C1CCCC1)C1CC1. The Morgan fingerprint density at radius 1 is 1.10 bits per heavy atom. The molecule has 3 aliphatic rings. The normalized spacial score (nSPS) is 27.8. The van der Waals surface area contributed by atoms with Gasteiger partial charge < -0.3 is 15.3 Å². The van der Waals surface area contributed by atoms with E-state index >= 15 is 0 Å². The predicted octanol–water partition coefficient (Wildman–Crippen LogP) is 2.60. The minimum atomic E-state index is -0.819. The zero-order valence-electron chi connectivity index (χ0n) is 12.6. The van der Waals surface area contributed by atoms with Gasteiger partial charge in [-0.05, 0) is 50.4 Å². The fourth-order valence-electron chi connectivity index (χ4n) is 4.14. The zero-order valence-corrected chi connectivity index (χ0v) is 12.6. The first-order valence-electron chi connectivity index (χ1n) is 8.44. The fourth-order valence-corrected chi connectivity index (χ4v) is 4.14. The van der Waals surface area contributed by atoms with Gasteiger partial charge in [0.05, 0.1) is 6.42 Å². The van der Waals surface area contributed by atoms with Crippen molar-refractivity contribution in [3.8, 4) is 0 Å². The van der Waals surface area contributed by atoms with Crippen molar-refractivity contribution in [2.24, 2.45) is 11.8 Å². The monoisotopic (exact) mass is 294 g/mol. The molecular formula is C16H26N2O3. The van der Waals surface area contributed by atoms with Crippen LogP contribution in [0.2, 0.25) is 0 Å². The van der Waals surface area contributed by atoms with Crippen molar-refractivity contribution in [3.63, 3.8) is 0 Å². The number of hydrogen-bond acceptors (Lipinski definition) is 2. The Morgan fingerprint density at radius 3 is 2.43 bits per heavy atom. The summed E-state index contributed by atoms with van der Waals surface area (Å²) in [6.45, 7) is 0.831. The molecule has 0 spiro atoms. The zero-order chi connectivity index (χ0) is 14.8. The van der Waals surface area contributed by atoms with Gasteiger partial charge in [-0.15, -0.1) is 0 Å². The quantitative estimate of drug-likeness (QED) is 0.819. The number of nitrogens with one attached hydrogen (secondary N) is 1. The number of rotatable bonds is 5. The Morgan fingerprint density at radius 2 is 1.81 bits per heavy atom. The van der Waals surface area contributed by atoms with Gasteiger partial charge in [-0.3, -0.25) is 4.79 Å². The van der Waals surface area contributed by atoms with Crippen LogP contribution in [-0.4, -0.2) is 40.6 Å². The third-order valence-corrected chi connectivity index (χ3v) is 5.40. The summed E-state index contributed by atoms with van der Waals surface area (Å²) in [6.07, 6.45) is 9.42. The first-order chi connectivity index (χ1) is 10.1. The molecule has 5 nitrogen and oxygen atoms in total. The van der Waals surface area contributed by atoms with E-state index in [1.165, 1.54) is 25.7 Å². The Balaban J connectivity index is 1.59. The Bertz CT molecular complexity index is 402. The van der Waals surface area contributed by atoms with Crippen LogP contribution in [0.3, 0.4) is 0 Å². The highest BCUT2D eigenvalue weighted by Crippen LogP contribution is 2.37. The summed E-state index contributed by atoms with van der Waals surface area (Å²) < 4.78 is 0. The van der Waals surface area contributed by atoms with Crippen LogP contribution in [0.1, 0.15) is 57.8 Å². The lowest BCUT2D eigenvalue weighted by atomic mass is 9.96. The van der Waals surface area contributed by atoms with Gasteiger partial charge in [-0.2, -0.15) is 0 Å². The molecule has 2 aliphatic carbocycles. The molecule has 1 heterocycles. The van der Waals surface area contributed by atoms with E-state index in [1.54, 1.807) is 0 Å². The summed E-state index contributed by atoms with van der Waals surface area (Å²) in [5, 5.41) is 12.0. The third-order valence-electron chi connectivity index (χ3n) is 5.40. The molecule has 0 bridgehead atoms. The molecule has 0 aromatic carbocycles. The lowest BCUT2D eigenvalue weighted by Crippen LogP contribution is -2.49. The van der Waals surface area contributed by atoms with Gasteiger partial charge in [0.2, 0.25) is 0 Å². The number of hydrogen-bond donors (Lipinski definition) is 2. The maximum atomic E-state index is 12.6. The lowest BCUT2D eigenvalue weighted by Gasteiger charge is -2.31. The van der Waals surface area contributed by atoms with Gasteiger partial charge in [-0.1, -0.05) is 12.8 Å². The molecule has 3 rings (SSSR count). The number of nitrogens with zero attached hydrogens (tertiary/aromatic N) is 1. The van der Waals surface area contributed by atoms with Crippen LogP contribution in [0.15, 0.2) is 0 Å². The average Bonchev–Trinajstić information content (AvgIpc) is 2.95. The van der Waals surface area contributed by atoms with Crippen molar-refractivity contribution in [2.75, 3.05) is 6.54 Å². The predicted molar refractivity (Wildman–Crippen MR) is 79.0 cm³/mol. The summed E-state index contributed by atoms with van der Waals surface area (Å²) in [5.41, 5.74) is 0. The summed E-state index contributed by atoms with van der Waals surface area (Å²) >= 11 is 0. The van der Waals surface area contributed by atoms with Crippen LogP contribution in [0, 0.1) is 11.8 Å². The molecule has 2 unspecified atom stereocenters. The minimum absolute atomic E-state index is 0.0254. The van der Waals surface area contributed by atoms with Gasteiger partial charge >= 0.3 is 12.0 Å².